The number of nitrogens with one attached hydrogen (secondary N) is 1. The molecule has 0 aliphatic heterocycles. The quantitative estimate of drug-likeness (QED) is 0.527. The van der Waals surface area contributed by atoms with Crippen molar-refractivity contribution in [2.75, 3.05) is 18.4 Å². The van der Waals surface area contributed by atoms with Crippen LogP contribution >= 0.6 is 11.3 Å². The van der Waals surface area contributed by atoms with Gasteiger partial charge in [0.1, 0.15) is 0 Å². The van der Waals surface area contributed by atoms with E-state index < -0.39 is 10.0 Å². The van der Waals surface area contributed by atoms with E-state index in [1.807, 2.05) is 13.8 Å². The zero-order chi connectivity index (χ0) is 20.9. The van der Waals surface area contributed by atoms with Crippen LogP contribution in [0.2, 0.25) is 0 Å². The van der Waals surface area contributed by atoms with Gasteiger partial charge in [-0.25, -0.2) is 13.4 Å². The summed E-state index contributed by atoms with van der Waals surface area (Å²) in [5.74, 6) is -0.242. The molecule has 0 saturated carbocycles. The van der Waals surface area contributed by atoms with Crippen molar-refractivity contribution >= 4 is 38.5 Å². The lowest BCUT2D eigenvalue weighted by atomic mass is 10.2. The smallest absolute Gasteiger partial charge is 0.250 e. The molecule has 1 aliphatic rings. The van der Waals surface area contributed by atoms with Crippen LogP contribution in [0.3, 0.4) is 0 Å². The third kappa shape index (κ3) is 5.32. The highest BCUT2D eigenvalue weighted by Crippen LogP contribution is 2.28. The van der Waals surface area contributed by atoms with Gasteiger partial charge in [0.25, 0.3) is 0 Å². The number of aryl methyl sites for hydroxylation is 2. The zero-order valence-electron chi connectivity index (χ0n) is 16.8. The van der Waals surface area contributed by atoms with Crippen molar-refractivity contribution in [3.05, 3.63) is 46.5 Å². The summed E-state index contributed by atoms with van der Waals surface area (Å²) < 4.78 is 26.5. The SMILES string of the molecule is CCN(CC)S(=O)(=O)c1ccc(/C=C/C(=O)Nc2nc3c(s2)CCCCC3)cc1. The molecular formula is C21H27N3O3S2. The first-order valence-electron chi connectivity index (χ1n) is 10.0. The van der Waals surface area contributed by atoms with Gasteiger partial charge >= 0.3 is 0 Å². The molecule has 29 heavy (non-hydrogen) atoms. The Balaban J connectivity index is 1.63. The molecule has 6 nitrogen and oxygen atoms in total. The molecule has 1 N–H and O–H groups in total. The number of sulfonamides is 1. The zero-order valence-corrected chi connectivity index (χ0v) is 18.5. The van der Waals surface area contributed by atoms with Gasteiger partial charge in [0.05, 0.1) is 10.6 Å². The van der Waals surface area contributed by atoms with Crippen LogP contribution in [0.4, 0.5) is 5.13 Å². The van der Waals surface area contributed by atoms with Crippen LogP contribution in [-0.2, 0) is 27.7 Å². The number of carbonyl (C=O) groups is 1. The van der Waals surface area contributed by atoms with Gasteiger partial charge in [0.2, 0.25) is 15.9 Å². The Hall–Kier alpha value is -2.03. The Bertz CT molecular complexity index is 952. The van der Waals surface area contributed by atoms with Gasteiger partial charge in [-0.1, -0.05) is 32.4 Å². The van der Waals surface area contributed by atoms with Gasteiger partial charge in [0, 0.05) is 24.0 Å². The van der Waals surface area contributed by atoms with Gasteiger partial charge in [-0.3, -0.25) is 10.1 Å². The molecule has 0 saturated heterocycles. The summed E-state index contributed by atoms with van der Waals surface area (Å²) in [4.78, 5) is 18.3. The van der Waals surface area contributed by atoms with Crippen molar-refractivity contribution in [1.29, 1.82) is 0 Å². The second-order valence-electron chi connectivity index (χ2n) is 6.93. The number of fused-ring (bicyclic) bond motifs is 1. The van der Waals surface area contributed by atoms with E-state index >= 15 is 0 Å². The van der Waals surface area contributed by atoms with Gasteiger partial charge < -0.3 is 0 Å². The molecule has 3 rings (SSSR count). The summed E-state index contributed by atoms with van der Waals surface area (Å²) in [6.07, 6.45) is 8.72. The molecule has 0 unspecified atom stereocenters. The second-order valence-corrected chi connectivity index (χ2v) is 9.95. The lowest BCUT2D eigenvalue weighted by Crippen LogP contribution is -2.30. The summed E-state index contributed by atoms with van der Waals surface area (Å²) in [5, 5.41) is 3.48. The van der Waals surface area contributed by atoms with Crippen LogP contribution in [-0.4, -0.2) is 36.7 Å². The first kappa shape index (κ1) is 21.7. The van der Waals surface area contributed by atoms with E-state index in [1.165, 1.54) is 28.1 Å². The Kier molecular flexibility index (Phi) is 7.21. The third-order valence-electron chi connectivity index (χ3n) is 4.98. The van der Waals surface area contributed by atoms with Gasteiger partial charge in [0.15, 0.2) is 5.13 Å². The maximum atomic E-state index is 12.5. The summed E-state index contributed by atoms with van der Waals surface area (Å²) in [5.41, 5.74) is 1.88. The molecule has 8 heteroatoms. The standard InChI is InChI=1S/C21H27N3O3S2/c1-3-24(4-2)29(26,27)17-13-10-16(11-14-17)12-15-20(25)23-21-22-18-8-6-5-7-9-19(18)28-21/h10-15H,3-9H2,1-2H3,(H,22,23,25)/b15-12+. The molecule has 2 aromatic rings. The summed E-state index contributed by atoms with van der Waals surface area (Å²) >= 11 is 1.56. The molecule has 1 aromatic heterocycles. The monoisotopic (exact) mass is 433 g/mol. The number of nitrogens with zero attached hydrogens (tertiary/aromatic N) is 2. The van der Waals surface area contributed by atoms with Crippen molar-refractivity contribution in [1.82, 2.24) is 9.29 Å². The number of benzene rings is 1. The van der Waals surface area contributed by atoms with E-state index in [2.05, 4.69) is 10.3 Å². The number of hydrogen-bond donors (Lipinski definition) is 1. The Morgan fingerprint density at radius 2 is 1.83 bits per heavy atom. The minimum Gasteiger partial charge on any atom is -0.298 e. The van der Waals surface area contributed by atoms with E-state index in [4.69, 9.17) is 0 Å². The highest BCUT2D eigenvalue weighted by molar-refractivity contribution is 7.89. The Morgan fingerprint density at radius 1 is 1.14 bits per heavy atom. The predicted octanol–water partition coefficient (Wildman–Crippen LogP) is 4.09. The minimum atomic E-state index is -3.47. The Labute approximate surface area is 176 Å². The number of rotatable bonds is 7. The fourth-order valence-electron chi connectivity index (χ4n) is 3.36. The van der Waals surface area contributed by atoms with Crippen LogP contribution in [0.15, 0.2) is 35.2 Å². The highest BCUT2D eigenvalue weighted by atomic mass is 32.2. The van der Waals surface area contributed by atoms with E-state index in [0.29, 0.717) is 18.2 Å². The number of hydrogen-bond acceptors (Lipinski definition) is 5. The molecule has 0 spiro atoms. The molecule has 0 radical (unpaired) electrons. The molecule has 1 aliphatic carbocycles. The topological polar surface area (TPSA) is 79.4 Å². The maximum Gasteiger partial charge on any atom is 0.250 e. The van der Waals surface area contributed by atoms with Crippen LogP contribution in [0.1, 0.15) is 49.2 Å². The van der Waals surface area contributed by atoms with Crippen molar-refractivity contribution < 1.29 is 13.2 Å². The van der Waals surface area contributed by atoms with Gasteiger partial charge in [-0.05, 0) is 49.5 Å². The molecule has 1 amide bonds. The van der Waals surface area contributed by atoms with Crippen molar-refractivity contribution in [2.24, 2.45) is 0 Å². The van der Waals surface area contributed by atoms with Crippen molar-refractivity contribution in [2.45, 2.75) is 50.8 Å². The molecule has 1 heterocycles. The molecule has 0 atom stereocenters. The van der Waals surface area contributed by atoms with E-state index in [0.717, 1.165) is 30.5 Å². The number of aromatic nitrogens is 1. The highest BCUT2D eigenvalue weighted by Gasteiger charge is 2.21. The second kappa shape index (κ2) is 9.65. The van der Waals surface area contributed by atoms with Gasteiger partial charge in [-0.2, -0.15) is 4.31 Å². The van der Waals surface area contributed by atoms with Crippen molar-refractivity contribution in [3.63, 3.8) is 0 Å². The predicted molar refractivity (Wildman–Crippen MR) is 118 cm³/mol. The van der Waals surface area contributed by atoms with Crippen LogP contribution in [0, 0.1) is 0 Å². The fourth-order valence-corrected chi connectivity index (χ4v) is 5.88. The van der Waals surface area contributed by atoms with E-state index in [1.54, 1.807) is 41.7 Å². The maximum absolute atomic E-state index is 12.5. The van der Waals surface area contributed by atoms with Crippen LogP contribution < -0.4 is 5.32 Å². The normalized spacial score (nSPS) is 14.7. The molecule has 0 bridgehead atoms. The summed E-state index contributed by atoms with van der Waals surface area (Å²) in [6.45, 7) is 4.50. The molecule has 0 fully saturated rings. The average Bonchev–Trinajstić information content (AvgIpc) is 2.95. The van der Waals surface area contributed by atoms with Crippen LogP contribution in [0.5, 0.6) is 0 Å². The minimum absolute atomic E-state index is 0.242. The Morgan fingerprint density at radius 3 is 2.52 bits per heavy atom. The molecule has 1 aromatic carbocycles. The number of amides is 1. The average molecular weight is 434 g/mol. The summed E-state index contributed by atoms with van der Waals surface area (Å²) in [6, 6.07) is 6.55. The first-order valence-corrected chi connectivity index (χ1v) is 12.3. The summed E-state index contributed by atoms with van der Waals surface area (Å²) in [7, 11) is -3.47. The first-order chi connectivity index (χ1) is 13.9. The number of anilines is 1. The van der Waals surface area contributed by atoms with Crippen molar-refractivity contribution in [3.8, 4) is 0 Å². The van der Waals surface area contributed by atoms with E-state index in [9.17, 15) is 13.2 Å². The van der Waals surface area contributed by atoms with Crippen LogP contribution in [0.25, 0.3) is 6.08 Å². The lowest BCUT2D eigenvalue weighted by molar-refractivity contribution is -0.111. The largest absolute Gasteiger partial charge is 0.298 e. The third-order valence-corrected chi connectivity index (χ3v) is 8.11. The van der Waals surface area contributed by atoms with Gasteiger partial charge in [-0.15, -0.1) is 11.3 Å². The van der Waals surface area contributed by atoms with E-state index in [-0.39, 0.29) is 10.8 Å². The number of thiazole rings is 1. The fraction of sp³-hybridized carbons (Fsp3) is 0.429. The molecular weight excluding hydrogens is 406 g/mol. The number of carbonyl (C=O) groups excluding carboxylic acids is 1. The lowest BCUT2D eigenvalue weighted by Gasteiger charge is -2.18. The molecule has 156 valence electrons.